The Morgan fingerprint density at radius 3 is 2.34 bits per heavy atom. The summed E-state index contributed by atoms with van der Waals surface area (Å²) >= 11 is 1.43. The second kappa shape index (κ2) is 7.50. The Morgan fingerprint density at radius 2 is 1.69 bits per heavy atom. The highest BCUT2D eigenvalue weighted by Gasteiger charge is 2.17. The quantitative estimate of drug-likeness (QED) is 0.412. The Morgan fingerprint density at radius 1 is 0.931 bits per heavy atom. The molecule has 0 fully saturated rings. The van der Waals surface area contributed by atoms with Crippen molar-refractivity contribution in [2.75, 3.05) is 6.26 Å². The molecule has 0 unspecified atom stereocenters. The Hall–Kier alpha value is -2.90. The van der Waals surface area contributed by atoms with Gasteiger partial charge < -0.3 is 0 Å². The van der Waals surface area contributed by atoms with Crippen molar-refractivity contribution in [2.45, 2.75) is 11.8 Å². The monoisotopic (exact) mass is 424 g/mol. The van der Waals surface area contributed by atoms with Gasteiger partial charge in [-0.3, -0.25) is 0 Å². The summed E-state index contributed by atoms with van der Waals surface area (Å²) in [6.07, 6.45) is 2.61. The predicted octanol–water partition coefficient (Wildman–Crippen LogP) is 5.39. The lowest BCUT2D eigenvalue weighted by Gasteiger charge is -2.04. The van der Waals surface area contributed by atoms with Crippen molar-refractivity contribution in [3.05, 3.63) is 78.4 Å². The largest absolute Gasteiger partial charge is 0.235 e. The van der Waals surface area contributed by atoms with Gasteiger partial charge in [0.15, 0.2) is 9.84 Å². The SMILES string of the molecule is Cc1cccc(-c2nc(-c3ccc(S(C)(=O)=O)cc3)sc2-c2ccnc(F)c2)c1. The van der Waals surface area contributed by atoms with E-state index in [0.717, 1.165) is 32.3 Å². The Balaban J connectivity index is 1.88. The normalized spacial score (nSPS) is 11.6. The van der Waals surface area contributed by atoms with E-state index in [4.69, 9.17) is 4.98 Å². The zero-order valence-electron chi connectivity index (χ0n) is 15.8. The van der Waals surface area contributed by atoms with Gasteiger partial charge in [0.2, 0.25) is 5.95 Å². The smallest absolute Gasteiger partial charge is 0.213 e. The highest BCUT2D eigenvalue weighted by molar-refractivity contribution is 7.90. The lowest BCUT2D eigenvalue weighted by Crippen LogP contribution is -1.96. The van der Waals surface area contributed by atoms with Crippen LogP contribution < -0.4 is 0 Å². The molecule has 0 spiro atoms. The van der Waals surface area contributed by atoms with Crippen LogP contribution in [0.25, 0.3) is 32.3 Å². The molecule has 0 radical (unpaired) electrons. The summed E-state index contributed by atoms with van der Waals surface area (Å²) < 4.78 is 37.2. The molecular formula is C22H17FN2O2S2. The summed E-state index contributed by atoms with van der Waals surface area (Å²) in [6, 6.07) is 17.8. The second-order valence-corrected chi connectivity index (χ2v) is 9.74. The summed E-state index contributed by atoms with van der Waals surface area (Å²) in [6.45, 7) is 2.01. The molecule has 0 aliphatic heterocycles. The van der Waals surface area contributed by atoms with Gasteiger partial charge in [-0.15, -0.1) is 11.3 Å². The fraction of sp³-hybridized carbons (Fsp3) is 0.0909. The molecule has 0 saturated carbocycles. The number of hydrogen-bond acceptors (Lipinski definition) is 5. The van der Waals surface area contributed by atoms with Gasteiger partial charge >= 0.3 is 0 Å². The minimum absolute atomic E-state index is 0.258. The zero-order chi connectivity index (χ0) is 20.6. The van der Waals surface area contributed by atoms with E-state index in [-0.39, 0.29) is 4.90 Å². The third-order valence-corrected chi connectivity index (χ3v) is 6.72. The molecule has 0 atom stereocenters. The van der Waals surface area contributed by atoms with Crippen LogP contribution in [0.15, 0.2) is 71.8 Å². The fourth-order valence-electron chi connectivity index (χ4n) is 3.02. The number of aryl methyl sites for hydroxylation is 1. The van der Waals surface area contributed by atoms with E-state index >= 15 is 0 Å². The molecule has 29 heavy (non-hydrogen) atoms. The average Bonchev–Trinajstić information content (AvgIpc) is 3.13. The molecule has 146 valence electrons. The van der Waals surface area contributed by atoms with Gasteiger partial charge in [0.05, 0.1) is 15.5 Å². The molecule has 7 heteroatoms. The standard InChI is InChI=1S/C22H17FN2O2S2/c1-14-4-3-5-16(12-14)20-21(17-10-11-24-19(23)13-17)28-22(25-20)15-6-8-18(9-7-15)29(2,26)27/h3-13H,1-2H3. The summed E-state index contributed by atoms with van der Waals surface area (Å²) in [5.74, 6) is -0.551. The van der Waals surface area contributed by atoms with Gasteiger partial charge in [0.25, 0.3) is 0 Å². The number of pyridine rings is 1. The third-order valence-electron chi connectivity index (χ3n) is 4.44. The van der Waals surface area contributed by atoms with E-state index in [0.29, 0.717) is 5.56 Å². The molecule has 0 bridgehead atoms. The number of benzene rings is 2. The van der Waals surface area contributed by atoms with Gasteiger partial charge in [-0.25, -0.2) is 18.4 Å². The first kappa shape index (κ1) is 19.4. The summed E-state index contributed by atoms with van der Waals surface area (Å²) in [5.41, 5.74) is 4.29. The van der Waals surface area contributed by atoms with Crippen LogP contribution in [0, 0.1) is 12.9 Å². The van der Waals surface area contributed by atoms with E-state index < -0.39 is 15.8 Å². The average molecular weight is 425 g/mol. The number of hydrogen-bond donors (Lipinski definition) is 0. The van der Waals surface area contributed by atoms with Crippen molar-refractivity contribution >= 4 is 21.2 Å². The first-order valence-corrected chi connectivity index (χ1v) is 11.5. The van der Waals surface area contributed by atoms with Gasteiger partial charge in [-0.1, -0.05) is 35.9 Å². The number of aromatic nitrogens is 2. The van der Waals surface area contributed by atoms with Crippen LogP contribution in [-0.4, -0.2) is 24.6 Å². The highest BCUT2D eigenvalue weighted by atomic mass is 32.2. The van der Waals surface area contributed by atoms with E-state index in [2.05, 4.69) is 4.98 Å². The van der Waals surface area contributed by atoms with Gasteiger partial charge in [-0.05, 0) is 36.8 Å². The van der Waals surface area contributed by atoms with Crippen LogP contribution in [0.5, 0.6) is 0 Å². The van der Waals surface area contributed by atoms with Crippen molar-refractivity contribution in [3.63, 3.8) is 0 Å². The minimum Gasteiger partial charge on any atom is -0.235 e. The van der Waals surface area contributed by atoms with Crippen LogP contribution in [0.1, 0.15) is 5.56 Å². The number of halogens is 1. The molecular weight excluding hydrogens is 407 g/mol. The van der Waals surface area contributed by atoms with E-state index in [9.17, 15) is 12.8 Å². The number of rotatable bonds is 4. The first-order chi connectivity index (χ1) is 13.8. The van der Waals surface area contributed by atoms with Crippen molar-refractivity contribution in [2.24, 2.45) is 0 Å². The predicted molar refractivity (Wildman–Crippen MR) is 114 cm³/mol. The van der Waals surface area contributed by atoms with Gasteiger partial charge in [-0.2, -0.15) is 4.39 Å². The van der Waals surface area contributed by atoms with E-state index in [1.54, 1.807) is 30.3 Å². The maximum atomic E-state index is 13.8. The zero-order valence-corrected chi connectivity index (χ0v) is 17.4. The van der Waals surface area contributed by atoms with E-state index in [1.165, 1.54) is 29.9 Å². The molecule has 0 N–H and O–H groups in total. The van der Waals surface area contributed by atoms with Crippen LogP contribution >= 0.6 is 11.3 Å². The molecule has 4 rings (SSSR count). The number of sulfone groups is 1. The van der Waals surface area contributed by atoms with E-state index in [1.807, 2.05) is 31.2 Å². The lowest BCUT2D eigenvalue weighted by molar-refractivity contribution is 0.584. The highest BCUT2D eigenvalue weighted by Crippen LogP contribution is 2.40. The molecule has 2 aromatic heterocycles. The molecule has 0 amide bonds. The van der Waals surface area contributed by atoms with Crippen LogP contribution in [-0.2, 0) is 9.84 Å². The second-order valence-electron chi connectivity index (χ2n) is 6.73. The topological polar surface area (TPSA) is 59.9 Å². The van der Waals surface area contributed by atoms with Crippen molar-refractivity contribution in [1.29, 1.82) is 0 Å². The molecule has 0 aliphatic rings. The maximum Gasteiger partial charge on any atom is 0.213 e. The Kier molecular flexibility index (Phi) is 5.02. The molecule has 2 aromatic carbocycles. The summed E-state index contributed by atoms with van der Waals surface area (Å²) in [4.78, 5) is 9.55. The Bertz CT molecular complexity index is 1230. The maximum absolute atomic E-state index is 13.8. The van der Waals surface area contributed by atoms with Gasteiger partial charge in [0.1, 0.15) is 5.01 Å². The number of thiazole rings is 1. The third kappa shape index (κ3) is 4.11. The summed E-state index contributed by atoms with van der Waals surface area (Å²) in [7, 11) is -3.27. The first-order valence-electron chi connectivity index (χ1n) is 8.81. The molecule has 4 aromatic rings. The van der Waals surface area contributed by atoms with Crippen molar-refractivity contribution < 1.29 is 12.8 Å². The minimum atomic E-state index is -3.27. The van der Waals surface area contributed by atoms with Crippen LogP contribution in [0.2, 0.25) is 0 Å². The molecule has 2 heterocycles. The van der Waals surface area contributed by atoms with Crippen LogP contribution in [0.4, 0.5) is 4.39 Å². The fourth-order valence-corrected chi connectivity index (χ4v) is 4.74. The summed E-state index contributed by atoms with van der Waals surface area (Å²) in [5, 5.41) is 0.730. The molecule has 0 saturated heterocycles. The molecule has 0 aliphatic carbocycles. The Labute approximate surface area is 172 Å². The lowest BCUT2D eigenvalue weighted by atomic mass is 10.1. The van der Waals surface area contributed by atoms with Crippen LogP contribution in [0.3, 0.4) is 0 Å². The number of nitrogens with zero attached hydrogens (tertiary/aromatic N) is 2. The van der Waals surface area contributed by atoms with Gasteiger partial charge in [0, 0.05) is 29.6 Å². The van der Waals surface area contributed by atoms with Crippen molar-refractivity contribution in [3.8, 4) is 32.3 Å². The van der Waals surface area contributed by atoms with Crippen molar-refractivity contribution in [1.82, 2.24) is 9.97 Å². The molecule has 4 nitrogen and oxygen atoms in total.